The van der Waals surface area contributed by atoms with Crippen LogP contribution in [0.15, 0.2) is 0 Å². The van der Waals surface area contributed by atoms with Crippen molar-refractivity contribution in [1.29, 1.82) is 0 Å². The number of nitrogens with zero attached hydrogens (tertiary/aromatic N) is 1. The second-order valence-corrected chi connectivity index (χ2v) is 4.07. The summed E-state index contributed by atoms with van der Waals surface area (Å²) in [4.78, 5) is 2.43. The maximum absolute atomic E-state index is 5.37. The maximum Gasteiger partial charge on any atom is 0.0593 e. The summed E-state index contributed by atoms with van der Waals surface area (Å²) in [7, 11) is 4.28. The standard InChI is InChI=1S/C11H24N2O/c1-4-14-9-8-13(3)11-7-5-6-10(11)12-2/h10-12H,4-9H2,1-3H3. The minimum atomic E-state index is 0.682. The first-order chi connectivity index (χ1) is 6.79. The topological polar surface area (TPSA) is 24.5 Å². The van der Waals surface area contributed by atoms with E-state index < -0.39 is 0 Å². The molecule has 0 aromatic rings. The molecule has 84 valence electrons. The van der Waals surface area contributed by atoms with Gasteiger partial charge in [-0.05, 0) is 33.9 Å². The van der Waals surface area contributed by atoms with Gasteiger partial charge in [0.2, 0.25) is 0 Å². The molecule has 2 atom stereocenters. The zero-order chi connectivity index (χ0) is 10.4. The molecule has 2 unspecified atom stereocenters. The molecular weight excluding hydrogens is 176 g/mol. The Bertz CT molecular complexity index is 152. The van der Waals surface area contributed by atoms with Crippen molar-refractivity contribution in [2.45, 2.75) is 38.3 Å². The van der Waals surface area contributed by atoms with Crippen LogP contribution in [0.1, 0.15) is 26.2 Å². The van der Waals surface area contributed by atoms with Gasteiger partial charge in [-0.1, -0.05) is 6.42 Å². The first kappa shape index (κ1) is 12.0. The van der Waals surface area contributed by atoms with Crippen molar-refractivity contribution in [2.75, 3.05) is 33.9 Å². The summed E-state index contributed by atoms with van der Waals surface area (Å²) in [6, 6.07) is 1.39. The Morgan fingerprint density at radius 3 is 2.86 bits per heavy atom. The Morgan fingerprint density at radius 1 is 1.43 bits per heavy atom. The van der Waals surface area contributed by atoms with Gasteiger partial charge < -0.3 is 10.1 Å². The van der Waals surface area contributed by atoms with Gasteiger partial charge in [0.1, 0.15) is 0 Å². The van der Waals surface area contributed by atoms with Crippen molar-refractivity contribution in [2.24, 2.45) is 0 Å². The van der Waals surface area contributed by atoms with Gasteiger partial charge in [-0.2, -0.15) is 0 Å². The molecule has 1 fully saturated rings. The third kappa shape index (κ3) is 3.23. The molecule has 3 nitrogen and oxygen atoms in total. The van der Waals surface area contributed by atoms with Gasteiger partial charge in [0, 0.05) is 25.2 Å². The Kier molecular flexibility index (Phi) is 5.45. The van der Waals surface area contributed by atoms with Crippen LogP contribution in [0.4, 0.5) is 0 Å². The molecule has 1 N–H and O–H groups in total. The summed E-state index contributed by atoms with van der Waals surface area (Å²) in [5.41, 5.74) is 0. The van der Waals surface area contributed by atoms with E-state index in [9.17, 15) is 0 Å². The summed E-state index contributed by atoms with van der Waals surface area (Å²) in [5.74, 6) is 0. The van der Waals surface area contributed by atoms with Crippen LogP contribution in [-0.4, -0.2) is 50.8 Å². The van der Waals surface area contributed by atoms with E-state index in [-0.39, 0.29) is 0 Å². The van der Waals surface area contributed by atoms with E-state index >= 15 is 0 Å². The summed E-state index contributed by atoms with van der Waals surface area (Å²) >= 11 is 0. The van der Waals surface area contributed by atoms with Gasteiger partial charge in [-0.3, -0.25) is 4.90 Å². The molecular formula is C11H24N2O. The Hall–Kier alpha value is -0.120. The fourth-order valence-corrected chi connectivity index (χ4v) is 2.32. The van der Waals surface area contributed by atoms with Crippen LogP contribution < -0.4 is 5.32 Å². The zero-order valence-corrected chi connectivity index (χ0v) is 9.75. The lowest BCUT2D eigenvalue weighted by Gasteiger charge is -2.29. The molecule has 0 amide bonds. The Labute approximate surface area is 87.8 Å². The minimum Gasteiger partial charge on any atom is -0.380 e. The quantitative estimate of drug-likeness (QED) is 0.650. The van der Waals surface area contributed by atoms with E-state index in [0.29, 0.717) is 12.1 Å². The monoisotopic (exact) mass is 200 g/mol. The largest absolute Gasteiger partial charge is 0.380 e. The number of hydrogen-bond acceptors (Lipinski definition) is 3. The van der Waals surface area contributed by atoms with Crippen molar-refractivity contribution >= 4 is 0 Å². The van der Waals surface area contributed by atoms with Crippen molar-refractivity contribution in [3.8, 4) is 0 Å². The molecule has 1 aliphatic rings. The van der Waals surface area contributed by atoms with Crippen molar-refractivity contribution in [1.82, 2.24) is 10.2 Å². The van der Waals surface area contributed by atoms with Crippen molar-refractivity contribution < 1.29 is 4.74 Å². The first-order valence-corrected chi connectivity index (χ1v) is 5.74. The van der Waals surface area contributed by atoms with Crippen LogP contribution in [0.5, 0.6) is 0 Å². The summed E-state index contributed by atoms with van der Waals surface area (Å²) < 4.78 is 5.37. The van der Waals surface area contributed by atoms with Gasteiger partial charge in [-0.15, -0.1) is 0 Å². The van der Waals surface area contributed by atoms with Gasteiger partial charge in [0.25, 0.3) is 0 Å². The number of likely N-dealkylation sites (N-methyl/N-ethyl adjacent to an activating group) is 2. The molecule has 0 bridgehead atoms. The van der Waals surface area contributed by atoms with Crippen LogP contribution in [0.2, 0.25) is 0 Å². The summed E-state index contributed by atoms with van der Waals surface area (Å²) in [6.07, 6.45) is 4.00. The predicted molar refractivity (Wildman–Crippen MR) is 59.6 cm³/mol. The van der Waals surface area contributed by atoms with Gasteiger partial charge in [0.15, 0.2) is 0 Å². The maximum atomic E-state index is 5.37. The van der Waals surface area contributed by atoms with Crippen molar-refractivity contribution in [3.05, 3.63) is 0 Å². The highest BCUT2D eigenvalue weighted by molar-refractivity contribution is 4.88. The summed E-state index contributed by atoms with van der Waals surface area (Å²) in [6.45, 7) is 4.79. The van der Waals surface area contributed by atoms with E-state index in [4.69, 9.17) is 4.74 Å². The number of ether oxygens (including phenoxy) is 1. The highest BCUT2D eigenvalue weighted by atomic mass is 16.5. The molecule has 0 saturated heterocycles. The average Bonchev–Trinajstić information content (AvgIpc) is 2.65. The van der Waals surface area contributed by atoms with Crippen LogP contribution in [0, 0.1) is 0 Å². The van der Waals surface area contributed by atoms with Crippen LogP contribution >= 0.6 is 0 Å². The molecule has 1 rings (SSSR count). The lowest BCUT2D eigenvalue weighted by Crippen LogP contribution is -2.44. The van der Waals surface area contributed by atoms with Crippen LogP contribution in [-0.2, 0) is 4.74 Å². The molecule has 0 radical (unpaired) electrons. The second kappa shape index (κ2) is 6.38. The zero-order valence-electron chi connectivity index (χ0n) is 9.75. The van der Waals surface area contributed by atoms with E-state index in [1.54, 1.807) is 0 Å². The molecule has 14 heavy (non-hydrogen) atoms. The van der Waals surface area contributed by atoms with Crippen molar-refractivity contribution in [3.63, 3.8) is 0 Å². The van der Waals surface area contributed by atoms with E-state index in [1.165, 1.54) is 19.3 Å². The smallest absolute Gasteiger partial charge is 0.0593 e. The fraction of sp³-hybridized carbons (Fsp3) is 1.00. The highest BCUT2D eigenvalue weighted by Gasteiger charge is 2.28. The lowest BCUT2D eigenvalue weighted by atomic mass is 10.1. The van der Waals surface area contributed by atoms with E-state index in [1.807, 2.05) is 6.92 Å². The third-order valence-corrected chi connectivity index (χ3v) is 3.21. The lowest BCUT2D eigenvalue weighted by molar-refractivity contribution is 0.103. The molecule has 1 saturated carbocycles. The summed E-state index contributed by atoms with van der Waals surface area (Å²) in [5, 5.41) is 3.40. The minimum absolute atomic E-state index is 0.682. The van der Waals surface area contributed by atoms with Crippen LogP contribution in [0.25, 0.3) is 0 Å². The number of nitrogens with one attached hydrogen (secondary N) is 1. The Morgan fingerprint density at radius 2 is 2.21 bits per heavy atom. The van der Waals surface area contributed by atoms with Gasteiger partial charge in [-0.25, -0.2) is 0 Å². The molecule has 0 heterocycles. The van der Waals surface area contributed by atoms with Gasteiger partial charge in [0.05, 0.1) is 6.61 Å². The molecule has 1 aliphatic carbocycles. The molecule has 0 spiro atoms. The number of rotatable bonds is 6. The van der Waals surface area contributed by atoms with E-state index in [2.05, 4.69) is 24.3 Å². The highest BCUT2D eigenvalue weighted by Crippen LogP contribution is 2.22. The van der Waals surface area contributed by atoms with E-state index in [0.717, 1.165) is 19.8 Å². The fourth-order valence-electron chi connectivity index (χ4n) is 2.32. The predicted octanol–water partition coefficient (Wildman–Crippen LogP) is 1.10. The second-order valence-electron chi connectivity index (χ2n) is 4.07. The number of hydrogen-bond donors (Lipinski definition) is 1. The molecule has 0 aromatic heterocycles. The third-order valence-electron chi connectivity index (χ3n) is 3.21. The van der Waals surface area contributed by atoms with Crippen LogP contribution in [0.3, 0.4) is 0 Å². The molecule has 0 aromatic carbocycles. The normalized spacial score (nSPS) is 27.4. The molecule has 0 aliphatic heterocycles. The average molecular weight is 200 g/mol. The Balaban J connectivity index is 2.24. The SMILES string of the molecule is CCOCCN(C)C1CCCC1NC. The molecule has 3 heteroatoms. The van der Waals surface area contributed by atoms with Gasteiger partial charge >= 0.3 is 0 Å². The first-order valence-electron chi connectivity index (χ1n) is 5.74.